The van der Waals surface area contributed by atoms with Crippen molar-refractivity contribution in [2.75, 3.05) is 32.9 Å². The molecule has 0 aromatic heterocycles. The summed E-state index contributed by atoms with van der Waals surface area (Å²) in [6.45, 7) is 4.09. The average Bonchev–Trinajstić information content (AvgIpc) is 3.05. The normalized spacial score (nSPS) is 45.6. The van der Waals surface area contributed by atoms with Gasteiger partial charge in [-0.2, -0.15) is 8.42 Å². The predicted octanol–water partition coefficient (Wildman–Crippen LogP) is -6.54. The lowest BCUT2D eigenvalue weighted by atomic mass is 9.67. The highest BCUT2D eigenvalue weighted by Gasteiger charge is 2.71. The second-order valence-electron chi connectivity index (χ2n) is 12.5. The highest BCUT2D eigenvalue weighted by atomic mass is 32.2. The zero-order valence-corrected chi connectivity index (χ0v) is 28.2. The monoisotopic (exact) mass is 722 g/mol. The third kappa shape index (κ3) is 7.28. The Kier molecular flexibility index (Phi) is 14.1. The van der Waals surface area contributed by atoms with Crippen molar-refractivity contribution in [3.05, 3.63) is 0 Å². The van der Waals surface area contributed by atoms with E-state index in [1.165, 1.54) is 13.8 Å². The molecule has 0 amide bonds. The van der Waals surface area contributed by atoms with E-state index in [4.69, 9.17) is 40.9 Å². The molecule has 15 N–H and O–H groups in total. The van der Waals surface area contributed by atoms with E-state index in [2.05, 4.69) is 0 Å². The zero-order chi connectivity index (χ0) is 36.5. The van der Waals surface area contributed by atoms with Gasteiger partial charge in [0.1, 0.15) is 59.2 Å². The molecular formula is C27H54N4O16S. The first-order valence-corrected chi connectivity index (χ1v) is 17.4. The Bertz CT molecular complexity index is 1140. The fourth-order valence-corrected chi connectivity index (χ4v) is 8.40. The minimum Gasteiger partial charge on any atom is -0.394 e. The van der Waals surface area contributed by atoms with Gasteiger partial charge >= 0.3 is 0 Å². The lowest BCUT2D eigenvalue weighted by Crippen LogP contribution is -2.84. The lowest BCUT2D eigenvalue weighted by Gasteiger charge is -2.61. The Morgan fingerprint density at radius 1 is 0.833 bits per heavy atom. The second kappa shape index (κ2) is 16.3. The van der Waals surface area contributed by atoms with Gasteiger partial charge in [-0.15, -0.1) is 0 Å². The molecular weight excluding hydrogens is 668 g/mol. The molecule has 21 heteroatoms. The molecule has 48 heavy (non-hydrogen) atoms. The van der Waals surface area contributed by atoms with Gasteiger partial charge < -0.3 is 81.7 Å². The minimum atomic E-state index is -5.10. The van der Waals surface area contributed by atoms with Crippen LogP contribution in [0.3, 0.4) is 0 Å². The molecule has 3 aliphatic rings. The van der Waals surface area contributed by atoms with E-state index >= 15 is 0 Å². The molecule has 3 fully saturated rings. The van der Waals surface area contributed by atoms with Crippen molar-refractivity contribution in [2.45, 2.75) is 136 Å². The molecule has 0 aromatic carbocycles. The van der Waals surface area contributed by atoms with E-state index in [1.807, 2.05) is 0 Å². The van der Waals surface area contributed by atoms with Crippen molar-refractivity contribution in [1.82, 2.24) is 4.90 Å². The number of ether oxygens (including phenoxy) is 5. The van der Waals surface area contributed by atoms with E-state index in [9.17, 15) is 53.8 Å². The van der Waals surface area contributed by atoms with Crippen LogP contribution < -0.4 is 17.2 Å². The van der Waals surface area contributed by atoms with Crippen molar-refractivity contribution in [3.8, 4) is 0 Å². The summed E-state index contributed by atoms with van der Waals surface area (Å²) < 4.78 is 64.4. The summed E-state index contributed by atoms with van der Waals surface area (Å²) in [4.78, 5) is 1.66. The van der Waals surface area contributed by atoms with Crippen molar-refractivity contribution >= 4 is 10.1 Å². The highest BCUT2D eigenvalue weighted by molar-refractivity contribution is 7.86. The summed E-state index contributed by atoms with van der Waals surface area (Å²) in [5.74, 6) is 0. The van der Waals surface area contributed by atoms with E-state index in [0.717, 1.165) is 0 Å². The maximum Gasteiger partial charge on any atom is 0.270 e. The van der Waals surface area contributed by atoms with Gasteiger partial charge in [0.2, 0.25) is 0 Å². The van der Waals surface area contributed by atoms with Crippen LogP contribution in [0.5, 0.6) is 0 Å². The molecule has 4 unspecified atom stereocenters. The highest BCUT2D eigenvalue weighted by Crippen LogP contribution is 2.47. The maximum absolute atomic E-state index is 12.7. The van der Waals surface area contributed by atoms with Crippen LogP contribution in [-0.2, 0) is 33.8 Å². The van der Waals surface area contributed by atoms with Crippen LogP contribution in [0.15, 0.2) is 0 Å². The lowest BCUT2D eigenvalue weighted by molar-refractivity contribution is -0.382. The first-order chi connectivity index (χ1) is 22.4. The first-order valence-electron chi connectivity index (χ1n) is 15.9. The summed E-state index contributed by atoms with van der Waals surface area (Å²) in [5.41, 5.74) is 13.0. The molecule has 17 atom stereocenters. The number of nitrogens with two attached hydrogens (primary N) is 3. The van der Waals surface area contributed by atoms with Crippen LogP contribution in [0.1, 0.15) is 34.1 Å². The van der Waals surface area contributed by atoms with Gasteiger partial charge in [-0.3, -0.25) is 9.45 Å². The molecule has 0 saturated carbocycles. The van der Waals surface area contributed by atoms with Crippen LogP contribution in [0.25, 0.3) is 0 Å². The van der Waals surface area contributed by atoms with Gasteiger partial charge in [0.15, 0.2) is 18.9 Å². The summed E-state index contributed by atoms with van der Waals surface area (Å²) in [6.07, 6.45) is -16.8. The van der Waals surface area contributed by atoms with Gasteiger partial charge in [-0.25, -0.2) is 0 Å². The molecule has 3 saturated heterocycles. The maximum atomic E-state index is 12.7. The summed E-state index contributed by atoms with van der Waals surface area (Å²) >= 11 is 0. The standard InChI is InChI=1S/C27H54N4O16S/c1-5-14(48(40,41)42)26(10-34)27(39,11(4)31(6-2)7-3)22(37)17(30)25(47-26)46-21-13(9-33)44-24(16(29)19(21)36)45-20-12(8-32)43-23(38)15(28)18(20)35/h11-25,32-39H,5-10,28-30H2,1-4H3,(H,40,41,42)/t11?,12-,13-,14?,15-,16-,17-,18-,19-,20?,21?,22-,23-,24+,25+,26+,27+/m1/s1. The van der Waals surface area contributed by atoms with Gasteiger partial charge in [-0.05, 0) is 26.4 Å². The molecule has 0 radical (unpaired) electrons. The number of aliphatic hydroxyl groups is 8. The molecule has 0 aliphatic carbocycles. The SMILES string of the molecule is CCC([C@]1(CO)O[C@H](OC2[C@@H](CO)O[C@@H](OC3[C@@H](CO)O[C@@H](O)[C@H](N)[C@H]3O)[C@H](N)[C@H]2O)[C@H](N)[C@@H](O)[C@@]1(O)C(C)N(CC)CC)S(=O)(=O)O. The molecule has 0 bridgehead atoms. The number of hydrogen-bond donors (Lipinski definition) is 12. The Morgan fingerprint density at radius 3 is 1.79 bits per heavy atom. The molecule has 0 aromatic rings. The van der Waals surface area contributed by atoms with Gasteiger partial charge in [0.05, 0.1) is 37.9 Å². The minimum absolute atomic E-state index is 0.312. The van der Waals surface area contributed by atoms with Crippen molar-refractivity contribution in [3.63, 3.8) is 0 Å². The van der Waals surface area contributed by atoms with Gasteiger partial charge in [0, 0.05) is 6.04 Å². The molecule has 3 rings (SSSR count). The third-order valence-electron chi connectivity index (χ3n) is 10.0. The Labute approximate surface area is 279 Å². The molecule has 3 aliphatic heterocycles. The van der Waals surface area contributed by atoms with Crippen LogP contribution in [-0.4, -0.2) is 194 Å². The first kappa shape index (κ1) is 41.6. The summed E-state index contributed by atoms with van der Waals surface area (Å²) in [7, 11) is -5.10. The molecule has 284 valence electrons. The quantitative estimate of drug-likeness (QED) is 0.0741. The smallest absolute Gasteiger partial charge is 0.270 e. The van der Waals surface area contributed by atoms with Crippen molar-refractivity contribution in [1.29, 1.82) is 0 Å². The van der Waals surface area contributed by atoms with Crippen molar-refractivity contribution < 1.29 is 77.5 Å². The topological polar surface area (TPSA) is 344 Å². The number of rotatable bonds is 14. The van der Waals surface area contributed by atoms with Crippen LogP contribution >= 0.6 is 0 Å². The Hall–Kier alpha value is -0.770. The third-order valence-corrected chi connectivity index (χ3v) is 11.5. The molecule has 20 nitrogen and oxygen atoms in total. The number of aliphatic hydroxyl groups excluding tert-OH is 7. The van der Waals surface area contributed by atoms with Crippen LogP contribution in [0.4, 0.5) is 0 Å². The van der Waals surface area contributed by atoms with Crippen LogP contribution in [0, 0.1) is 0 Å². The summed E-state index contributed by atoms with van der Waals surface area (Å²) in [6, 6.07) is -5.67. The summed E-state index contributed by atoms with van der Waals surface area (Å²) in [5, 5.41) is 84.4. The number of hydrogen-bond acceptors (Lipinski definition) is 19. The van der Waals surface area contributed by atoms with E-state index in [1.54, 1.807) is 18.7 Å². The zero-order valence-electron chi connectivity index (χ0n) is 27.4. The Morgan fingerprint density at radius 2 is 1.33 bits per heavy atom. The van der Waals surface area contributed by atoms with Gasteiger partial charge in [0.25, 0.3) is 10.1 Å². The predicted molar refractivity (Wildman–Crippen MR) is 163 cm³/mol. The van der Waals surface area contributed by atoms with Crippen LogP contribution in [0.2, 0.25) is 0 Å². The fourth-order valence-electron chi connectivity index (χ4n) is 7.18. The number of likely N-dealkylation sites (N-methyl/N-ethyl adjacent to an activating group) is 1. The van der Waals surface area contributed by atoms with Crippen molar-refractivity contribution in [2.24, 2.45) is 17.2 Å². The second-order valence-corrected chi connectivity index (χ2v) is 14.1. The number of nitrogens with zero attached hydrogens (tertiary/aromatic N) is 1. The van der Waals surface area contributed by atoms with E-state index < -0.39 is 139 Å². The molecule has 0 spiro atoms. The van der Waals surface area contributed by atoms with E-state index in [0.29, 0.717) is 13.1 Å². The van der Waals surface area contributed by atoms with Gasteiger partial charge in [-0.1, -0.05) is 20.8 Å². The van der Waals surface area contributed by atoms with E-state index in [-0.39, 0.29) is 0 Å². The largest absolute Gasteiger partial charge is 0.394 e. The molecule has 3 heterocycles. The average molecular weight is 723 g/mol. The fraction of sp³-hybridized carbons (Fsp3) is 1.00. The Balaban J connectivity index is 1.99.